The van der Waals surface area contributed by atoms with Crippen LogP contribution in [0.2, 0.25) is 0 Å². The van der Waals surface area contributed by atoms with Gasteiger partial charge in [0.2, 0.25) is 0 Å². The van der Waals surface area contributed by atoms with Crippen LogP contribution in [-0.2, 0) is 17.8 Å². The minimum Gasteiger partial charge on any atom is -0.479 e. The first kappa shape index (κ1) is 22.5. The highest BCUT2D eigenvalue weighted by Gasteiger charge is 2.25. The minimum absolute atomic E-state index is 0.164. The molecule has 3 heterocycles. The van der Waals surface area contributed by atoms with E-state index in [0.717, 1.165) is 26.9 Å². The summed E-state index contributed by atoms with van der Waals surface area (Å²) in [7, 11) is 0. The number of Topliss-reactive ketones (excluding diaryl/α,β-unsaturated/α-hetero) is 1. The Balaban J connectivity index is 1.52. The highest BCUT2D eigenvalue weighted by molar-refractivity contribution is 9.10. The average molecular weight is 538 g/mol. The van der Waals surface area contributed by atoms with Gasteiger partial charge in [-0.15, -0.1) is 11.3 Å². The maximum absolute atomic E-state index is 13.5. The van der Waals surface area contributed by atoms with Gasteiger partial charge in [0.05, 0.1) is 23.9 Å². The van der Waals surface area contributed by atoms with E-state index in [0.29, 0.717) is 27.2 Å². The summed E-state index contributed by atoms with van der Waals surface area (Å²) >= 11 is 4.96. The first-order valence-electron chi connectivity index (χ1n) is 10.8. The van der Waals surface area contributed by atoms with Gasteiger partial charge >= 0.3 is 0 Å². The second-order valence-electron chi connectivity index (χ2n) is 8.00. The van der Waals surface area contributed by atoms with Crippen LogP contribution in [0.1, 0.15) is 29.1 Å². The molecule has 34 heavy (non-hydrogen) atoms. The zero-order valence-electron chi connectivity index (χ0n) is 18.4. The van der Waals surface area contributed by atoms with Gasteiger partial charge in [-0.2, -0.15) is 0 Å². The van der Waals surface area contributed by atoms with Crippen LogP contribution in [-0.4, -0.2) is 27.3 Å². The topological polar surface area (TPSA) is 90.3 Å². The number of nitrogens with zero attached hydrogens (tertiary/aromatic N) is 2. The number of rotatable bonds is 5. The second kappa shape index (κ2) is 8.81. The van der Waals surface area contributed by atoms with E-state index in [-0.39, 0.29) is 23.8 Å². The molecular weight excluding hydrogens is 518 g/mol. The Kier molecular flexibility index (Phi) is 5.83. The predicted molar refractivity (Wildman–Crippen MR) is 136 cm³/mol. The fraction of sp³-hybridized carbons (Fsp3) is 0.200. The van der Waals surface area contributed by atoms with Crippen molar-refractivity contribution in [2.24, 2.45) is 0 Å². The van der Waals surface area contributed by atoms with E-state index in [9.17, 15) is 14.4 Å². The molecule has 2 aromatic carbocycles. The molecule has 0 saturated carbocycles. The van der Waals surface area contributed by atoms with Crippen molar-refractivity contribution in [3.8, 4) is 16.9 Å². The van der Waals surface area contributed by atoms with Gasteiger partial charge in [0.15, 0.2) is 11.9 Å². The van der Waals surface area contributed by atoms with Gasteiger partial charge in [-0.25, -0.2) is 4.98 Å². The fourth-order valence-electron chi connectivity index (χ4n) is 3.98. The van der Waals surface area contributed by atoms with E-state index in [1.54, 1.807) is 25.1 Å². The van der Waals surface area contributed by atoms with Crippen LogP contribution >= 0.6 is 27.3 Å². The maximum Gasteiger partial charge on any atom is 0.265 e. The number of aromatic nitrogens is 2. The highest BCUT2D eigenvalue weighted by Crippen LogP contribution is 2.37. The summed E-state index contributed by atoms with van der Waals surface area (Å²) in [4.78, 5) is 44.7. The molecule has 1 aliphatic rings. The summed E-state index contributed by atoms with van der Waals surface area (Å²) in [5.41, 5.74) is 2.37. The quantitative estimate of drug-likeness (QED) is 0.359. The highest BCUT2D eigenvalue weighted by atomic mass is 79.9. The van der Waals surface area contributed by atoms with Crippen molar-refractivity contribution in [1.82, 2.24) is 9.55 Å². The zero-order chi connectivity index (χ0) is 24.0. The third-order valence-electron chi connectivity index (χ3n) is 5.75. The zero-order valence-corrected chi connectivity index (χ0v) is 20.8. The van der Waals surface area contributed by atoms with Gasteiger partial charge in [-0.1, -0.05) is 35.0 Å². The fourth-order valence-corrected chi connectivity index (χ4v) is 5.34. The van der Waals surface area contributed by atoms with E-state index < -0.39 is 6.10 Å². The SMILES string of the molecule is CCc1sc2ncn(CC(=O)c3ccc4c(c3)NC(=O)C(C)O4)c(=O)c2c1-c1ccc(Br)cc1. The molecule has 7 nitrogen and oxygen atoms in total. The van der Waals surface area contributed by atoms with Gasteiger partial charge < -0.3 is 10.1 Å². The van der Waals surface area contributed by atoms with Crippen molar-refractivity contribution in [3.05, 3.63) is 74.1 Å². The van der Waals surface area contributed by atoms with E-state index in [2.05, 4.69) is 33.2 Å². The molecule has 0 aliphatic carbocycles. The first-order chi connectivity index (χ1) is 16.4. The molecule has 0 radical (unpaired) electrons. The lowest BCUT2D eigenvalue weighted by atomic mass is 10.0. The number of ketones is 1. The molecule has 4 aromatic rings. The third kappa shape index (κ3) is 3.95. The molecule has 9 heteroatoms. The van der Waals surface area contributed by atoms with Crippen LogP contribution in [0.15, 0.2) is 58.1 Å². The number of carbonyl (C=O) groups is 2. The Bertz CT molecular complexity index is 1510. The summed E-state index contributed by atoms with van der Waals surface area (Å²) in [6.07, 6.45) is 1.60. The standard InChI is InChI=1S/C25H20BrN3O4S/c1-3-20-21(14-4-7-16(26)8-5-14)22-24(34-20)27-12-29(25(22)32)11-18(30)15-6-9-19-17(10-15)28-23(31)13(2)33-19/h4-10,12-13H,3,11H2,1-2H3,(H,28,31). The van der Waals surface area contributed by atoms with Gasteiger partial charge in [0, 0.05) is 20.5 Å². The van der Waals surface area contributed by atoms with Gasteiger partial charge in [-0.05, 0) is 49.2 Å². The molecule has 1 unspecified atom stereocenters. The van der Waals surface area contributed by atoms with Crippen LogP contribution in [0.4, 0.5) is 5.69 Å². The number of amides is 1. The molecular formula is C25H20BrN3O4S. The Hall–Kier alpha value is -3.30. The van der Waals surface area contributed by atoms with Crippen molar-refractivity contribution in [1.29, 1.82) is 0 Å². The van der Waals surface area contributed by atoms with E-state index in [4.69, 9.17) is 4.74 Å². The number of carbonyl (C=O) groups excluding carboxylic acids is 2. The van der Waals surface area contributed by atoms with Gasteiger partial charge in [-0.3, -0.25) is 19.0 Å². The summed E-state index contributed by atoms with van der Waals surface area (Å²) in [5.74, 6) is -0.0314. The van der Waals surface area contributed by atoms with Crippen LogP contribution in [0.5, 0.6) is 5.75 Å². The molecule has 1 aliphatic heterocycles. The molecule has 0 spiro atoms. The molecule has 0 fully saturated rings. The molecule has 1 amide bonds. The number of benzene rings is 2. The number of halogens is 1. The molecule has 1 N–H and O–H groups in total. The van der Waals surface area contributed by atoms with E-state index >= 15 is 0 Å². The lowest BCUT2D eigenvalue weighted by Gasteiger charge is -2.23. The Morgan fingerprint density at radius 1 is 1.21 bits per heavy atom. The lowest BCUT2D eigenvalue weighted by molar-refractivity contribution is -0.122. The van der Waals surface area contributed by atoms with E-state index in [1.807, 2.05) is 24.3 Å². The number of ether oxygens (including phenoxy) is 1. The number of aryl methyl sites for hydroxylation is 1. The Morgan fingerprint density at radius 3 is 2.71 bits per heavy atom. The van der Waals surface area contributed by atoms with Gasteiger partial charge in [0.25, 0.3) is 11.5 Å². The van der Waals surface area contributed by atoms with Crippen molar-refractivity contribution in [2.75, 3.05) is 5.32 Å². The van der Waals surface area contributed by atoms with Crippen LogP contribution in [0.25, 0.3) is 21.3 Å². The normalized spacial score (nSPS) is 15.0. The van der Waals surface area contributed by atoms with Crippen LogP contribution in [0, 0.1) is 0 Å². The number of hydrogen-bond acceptors (Lipinski definition) is 6. The summed E-state index contributed by atoms with van der Waals surface area (Å²) in [6, 6.07) is 12.7. The predicted octanol–water partition coefficient (Wildman–Crippen LogP) is 5.05. The molecule has 2 aromatic heterocycles. The first-order valence-corrected chi connectivity index (χ1v) is 12.4. The van der Waals surface area contributed by atoms with E-state index in [1.165, 1.54) is 22.2 Å². The molecule has 1 atom stereocenters. The Morgan fingerprint density at radius 2 is 1.97 bits per heavy atom. The van der Waals surface area contributed by atoms with Gasteiger partial charge in [0.1, 0.15) is 10.6 Å². The van der Waals surface area contributed by atoms with Crippen molar-refractivity contribution < 1.29 is 14.3 Å². The minimum atomic E-state index is -0.594. The van der Waals surface area contributed by atoms with Crippen LogP contribution in [0.3, 0.4) is 0 Å². The smallest absolute Gasteiger partial charge is 0.265 e. The maximum atomic E-state index is 13.5. The number of anilines is 1. The summed E-state index contributed by atoms with van der Waals surface area (Å²) in [5, 5.41) is 3.27. The number of hydrogen-bond donors (Lipinski definition) is 1. The average Bonchev–Trinajstić information content (AvgIpc) is 3.21. The lowest BCUT2D eigenvalue weighted by Crippen LogP contribution is -2.34. The molecule has 5 rings (SSSR count). The van der Waals surface area contributed by atoms with Crippen LogP contribution < -0.4 is 15.6 Å². The molecule has 0 saturated heterocycles. The monoisotopic (exact) mass is 537 g/mol. The largest absolute Gasteiger partial charge is 0.479 e. The van der Waals surface area contributed by atoms with Crippen molar-refractivity contribution in [2.45, 2.75) is 32.9 Å². The third-order valence-corrected chi connectivity index (χ3v) is 7.52. The second-order valence-corrected chi connectivity index (χ2v) is 10.0. The number of fused-ring (bicyclic) bond motifs is 2. The summed E-state index contributed by atoms with van der Waals surface area (Å²) in [6.45, 7) is 3.54. The number of nitrogens with one attached hydrogen (secondary N) is 1. The molecule has 172 valence electrons. The molecule has 0 bridgehead atoms. The summed E-state index contributed by atoms with van der Waals surface area (Å²) < 4.78 is 7.85. The van der Waals surface area contributed by atoms with Crippen molar-refractivity contribution >= 4 is 54.9 Å². The number of thiophene rings is 1. The Labute approximate surface area is 207 Å². The van der Waals surface area contributed by atoms with Crippen molar-refractivity contribution in [3.63, 3.8) is 0 Å².